The van der Waals surface area contributed by atoms with Crippen molar-refractivity contribution >= 4 is 23.2 Å². The summed E-state index contributed by atoms with van der Waals surface area (Å²) < 4.78 is 79.3. The quantitative estimate of drug-likeness (QED) is 0.301. The number of aliphatic hydroxyl groups excluding tert-OH is 1. The summed E-state index contributed by atoms with van der Waals surface area (Å²) >= 11 is 5.87. The second-order valence-corrected chi connectivity index (χ2v) is 8.71. The number of amides is 1. The molecule has 0 saturated carbocycles. The Bertz CT molecular complexity index is 1560. The molecular formula is C22H17ClF6N8O3. The van der Waals surface area contributed by atoms with Crippen molar-refractivity contribution in [3.05, 3.63) is 70.4 Å². The monoisotopic (exact) mass is 590 g/mol. The first-order valence-electron chi connectivity index (χ1n) is 11.1. The molecule has 0 radical (unpaired) electrons. The van der Waals surface area contributed by atoms with Crippen LogP contribution < -0.4 is 11.0 Å². The summed E-state index contributed by atoms with van der Waals surface area (Å²) in [4.78, 5) is 32.6. The molecule has 40 heavy (non-hydrogen) atoms. The number of hydrogen-bond donors (Lipinski definition) is 2. The van der Waals surface area contributed by atoms with Gasteiger partial charge in [-0.3, -0.25) is 14.3 Å². The van der Waals surface area contributed by atoms with E-state index in [4.69, 9.17) is 11.6 Å². The number of halogens is 7. The van der Waals surface area contributed by atoms with Crippen molar-refractivity contribution < 1.29 is 36.2 Å². The maximum atomic E-state index is 13.0. The number of rotatable bonds is 8. The number of nitrogens with one attached hydrogen (secondary N) is 1. The zero-order chi connectivity index (χ0) is 29.2. The minimum Gasteiger partial charge on any atom is -0.382 e. The molecule has 18 heteroatoms. The number of carbonyl (C=O) groups excluding carboxylic acids is 1. The van der Waals surface area contributed by atoms with Crippen molar-refractivity contribution in [3.8, 4) is 17.1 Å². The van der Waals surface area contributed by atoms with Gasteiger partial charge in [0.15, 0.2) is 17.8 Å². The van der Waals surface area contributed by atoms with E-state index in [9.17, 15) is 41.0 Å². The molecule has 0 fully saturated rings. The molecule has 3 aromatic heterocycles. The number of anilines is 1. The minimum absolute atomic E-state index is 0.0461. The fraction of sp³-hybridized carbons (Fsp3) is 0.273. The number of nitrogens with zero attached hydrogens (tertiary/aromatic N) is 7. The molecule has 212 valence electrons. The molecule has 0 spiro atoms. The van der Waals surface area contributed by atoms with Crippen LogP contribution in [0.25, 0.3) is 17.1 Å². The van der Waals surface area contributed by atoms with Gasteiger partial charge >= 0.3 is 18.0 Å². The average molecular weight is 591 g/mol. The number of carbonyl (C=O) groups is 1. The van der Waals surface area contributed by atoms with Crippen LogP contribution in [0.2, 0.25) is 5.02 Å². The van der Waals surface area contributed by atoms with Crippen molar-refractivity contribution in [2.45, 2.75) is 38.0 Å². The zero-order valence-corrected chi connectivity index (χ0v) is 20.6. The van der Waals surface area contributed by atoms with Gasteiger partial charge in [-0.2, -0.15) is 26.3 Å². The van der Waals surface area contributed by atoms with Crippen LogP contribution in [0.4, 0.5) is 32.0 Å². The largest absolute Gasteiger partial charge is 0.416 e. The zero-order valence-electron chi connectivity index (χ0n) is 19.9. The second-order valence-electron chi connectivity index (χ2n) is 8.28. The first kappa shape index (κ1) is 28.8. The topological polar surface area (TPSA) is 133 Å². The fourth-order valence-electron chi connectivity index (χ4n) is 3.47. The molecule has 1 amide bonds. The predicted octanol–water partition coefficient (Wildman–Crippen LogP) is 3.20. The van der Waals surface area contributed by atoms with Crippen LogP contribution in [0.3, 0.4) is 0 Å². The van der Waals surface area contributed by atoms with Crippen molar-refractivity contribution in [2.75, 3.05) is 5.32 Å². The highest BCUT2D eigenvalue weighted by molar-refractivity contribution is 6.30. The van der Waals surface area contributed by atoms with E-state index in [-0.39, 0.29) is 28.6 Å². The lowest BCUT2D eigenvalue weighted by Gasteiger charge is -2.15. The molecule has 0 aliphatic heterocycles. The normalized spacial score (nSPS) is 12.9. The Morgan fingerprint density at radius 3 is 2.42 bits per heavy atom. The Balaban J connectivity index is 1.64. The summed E-state index contributed by atoms with van der Waals surface area (Å²) in [6.07, 6.45) is -10.8. The Hall–Kier alpha value is -4.25. The van der Waals surface area contributed by atoms with E-state index in [1.807, 2.05) is 0 Å². The Kier molecular flexibility index (Phi) is 7.97. The van der Waals surface area contributed by atoms with Crippen molar-refractivity contribution in [2.24, 2.45) is 0 Å². The molecule has 11 nitrogen and oxygen atoms in total. The number of pyridine rings is 1. The second kappa shape index (κ2) is 11.1. The van der Waals surface area contributed by atoms with Crippen LogP contribution in [-0.2, 0) is 17.9 Å². The summed E-state index contributed by atoms with van der Waals surface area (Å²) in [5, 5.41) is 20.2. The Morgan fingerprint density at radius 1 is 1.07 bits per heavy atom. The predicted molar refractivity (Wildman–Crippen MR) is 127 cm³/mol. The van der Waals surface area contributed by atoms with E-state index in [0.29, 0.717) is 9.59 Å². The van der Waals surface area contributed by atoms with Gasteiger partial charge in [0, 0.05) is 16.8 Å². The van der Waals surface area contributed by atoms with Crippen LogP contribution >= 0.6 is 11.6 Å². The van der Waals surface area contributed by atoms with E-state index >= 15 is 0 Å². The van der Waals surface area contributed by atoms with Crippen molar-refractivity contribution in [3.63, 3.8) is 0 Å². The highest BCUT2D eigenvalue weighted by Gasteiger charge is 2.39. The lowest BCUT2D eigenvalue weighted by molar-refractivity contribution is -0.207. The van der Waals surface area contributed by atoms with Crippen LogP contribution in [0, 0.1) is 0 Å². The van der Waals surface area contributed by atoms with E-state index in [1.165, 1.54) is 42.7 Å². The number of benzene rings is 1. The van der Waals surface area contributed by atoms with Gasteiger partial charge in [0.25, 0.3) is 0 Å². The summed E-state index contributed by atoms with van der Waals surface area (Å²) in [5.41, 5.74) is -0.785. The van der Waals surface area contributed by atoms with Gasteiger partial charge in [-0.25, -0.2) is 19.1 Å². The molecule has 1 unspecified atom stereocenters. The smallest absolute Gasteiger partial charge is 0.382 e. The number of aromatic nitrogens is 7. The maximum absolute atomic E-state index is 13.0. The van der Waals surface area contributed by atoms with Crippen LogP contribution in [0.1, 0.15) is 12.2 Å². The van der Waals surface area contributed by atoms with Crippen LogP contribution in [0.5, 0.6) is 0 Å². The molecule has 0 aliphatic carbocycles. The van der Waals surface area contributed by atoms with E-state index in [2.05, 4.69) is 25.5 Å². The molecule has 1 aromatic carbocycles. The maximum Gasteiger partial charge on any atom is 0.416 e. The molecule has 0 aliphatic rings. The molecule has 4 rings (SSSR count). The standard InChI is InChI=1S/C22H17ClF6N8O3/c23-13-3-1-12(2-4-13)19-34-36(20(40)35(19)9-16(38)22(27,28)29)10-17-31-11-37(33-17)15-8-30-6-5-14(15)32-18(39)7-21(24,25)26/h1-6,8,11,16,38H,7,9-10H2,(H,30,32,39). The van der Waals surface area contributed by atoms with Gasteiger partial charge in [-0.05, 0) is 30.3 Å². The van der Waals surface area contributed by atoms with E-state index in [0.717, 1.165) is 15.7 Å². The third kappa shape index (κ3) is 6.84. The minimum atomic E-state index is -5.00. The van der Waals surface area contributed by atoms with Crippen LogP contribution in [0.15, 0.2) is 53.8 Å². The SMILES string of the molecule is O=C(CC(F)(F)F)Nc1ccncc1-n1cnc(Cn2nc(-c3ccc(Cl)cc3)n(CC(O)C(F)(F)F)c2=O)n1. The van der Waals surface area contributed by atoms with Gasteiger partial charge in [-0.15, -0.1) is 10.2 Å². The molecule has 2 N–H and O–H groups in total. The van der Waals surface area contributed by atoms with Gasteiger partial charge in [0.05, 0.1) is 18.4 Å². The fourth-order valence-corrected chi connectivity index (χ4v) is 3.59. The highest BCUT2D eigenvalue weighted by Crippen LogP contribution is 2.25. The lowest BCUT2D eigenvalue weighted by atomic mass is 10.2. The van der Waals surface area contributed by atoms with Gasteiger partial charge in [0.2, 0.25) is 5.91 Å². The first-order valence-corrected chi connectivity index (χ1v) is 11.5. The van der Waals surface area contributed by atoms with E-state index < -0.39 is 49.6 Å². The highest BCUT2D eigenvalue weighted by atomic mass is 35.5. The lowest BCUT2D eigenvalue weighted by Crippen LogP contribution is -2.37. The number of hydrogen-bond acceptors (Lipinski definition) is 7. The average Bonchev–Trinajstić information content (AvgIpc) is 3.43. The number of aliphatic hydroxyl groups is 1. The summed E-state index contributed by atoms with van der Waals surface area (Å²) in [6.45, 7) is -1.57. The van der Waals surface area contributed by atoms with Crippen LogP contribution in [-0.4, -0.2) is 63.6 Å². The molecule has 3 heterocycles. The molecule has 4 aromatic rings. The molecule has 0 saturated heterocycles. The Morgan fingerprint density at radius 2 is 1.77 bits per heavy atom. The summed E-state index contributed by atoms with van der Waals surface area (Å²) in [7, 11) is 0. The van der Waals surface area contributed by atoms with Gasteiger partial charge in [-0.1, -0.05) is 11.6 Å². The molecular weight excluding hydrogens is 574 g/mol. The first-order chi connectivity index (χ1) is 18.7. The molecule has 0 bridgehead atoms. The van der Waals surface area contributed by atoms with Gasteiger partial charge < -0.3 is 10.4 Å². The van der Waals surface area contributed by atoms with Crippen molar-refractivity contribution in [1.82, 2.24) is 34.1 Å². The van der Waals surface area contributed by atoms with Gasteiger partial charge in [0.1, 0.15) is 25.0 Å². The third-order valence-corrected chi connectivity index (χ3v) is 5.52. The van der Waals surface area contributed by atoms with E-state index in [1.54, 1.807) is 0 Å². The number of alkyl halides is 6. The third-order valence-electron chi connectivity index (χ3n) is 5.27. The summed E-state index contributed by atoms with van der Waals surface area (Å²) in [5.74, 6) is -1.58. The summed E-state index contributed by atoms with van der Waals surface area (Å²) in [6, 6.07) is 6.96. The van der Waals surface area contributed by atoms with Crippen molar-refractivity contribution in [1.29, 1.82) is 0 Å². The Labute approximate surface area is 224 Å². The molecule has 1 atom stereocenters.